The third-order valence-corrected chi connectivity index (χ3v) is 5.48. The van der Waals surface area contributed by atoms with Crippen molar-refractivity contribution in [3.8, 4) is 0 Å². The van der Waals surface area contributed by atoms with Crippen LogP contribution in [0.5, 0.6) is 0 Å². The number of guanidine groups is 1. The molecule has 128 valence electrons. The summed E-state index contributed by atoms with van der Waals surface area (Å²) in [6.07, 6.45) is 4.94. The Bertz CT molecular complexity index is 683. The summed E-state index contributed by atoms with van der Waals surface area (Å²) in [5.41, 5.74) is 1.82. The second-order valence-electron chi connectivity index (χ2n) is 6.33. The van der Waals surface area contributed by atoms with Crippen molar-refractivity contribution in [3.63, 3.8) is 0 Å². The van der Waals surface area contributed by atoms with E-state index in [2.05, 4.69) is 22.5 Å². The van der Waals surface area contributed by atoms with Crippen LogP contribution in [0.2, 0.25) is 0 Å². The van der Waals surface area contributed by atoms with E-state index in [-0.39, 0.29) is 0 Å². The van der Waals surface area contributed by atoms with Crippen LogP contribution in [0.25, 0.3) is 0 Å². The molecule has 1 fully saturated rings. The summed E-state index contributed by atoms with van der Waals surface area (Å²) in [4.78, 5) is 4.65. The van der Waals surface area contributed by atoms with Gasteiger partial charge in [0.05, 0.1) is 4.90 Å². The number of rotatable bonds is 6. The standard InChI is InChI=1S/C17H27N3O2S/c1-5-6-14-10-15(14)20-17(18-3)19-11-13-7-8-16(12(2)9-13)23(4,21)22/h7-9,14-15H,5-6,10-11H2,1-4H3,(H2,18,19,20). The van der Waals surface area contributed by atoms with Crippen molar-refractivity contribution in [2.75, 3.05) is 13.3 Å². The molecule has 0 amide bonds. The fourth-order valence-corrected chi connectivity index (χ4v) is 3.87. The molecule has 0 aromatic heterocycles. The van der Waals surface area contributed by atoms with Crippen molar-refractivity contribution in [1.82, 2.24) is 10.6 Å². The van der Waals surface area contributed by atoms with Crippen LogP contribution in [0.4, 0.5) is 0 Å². The number of aryl methyl sites for hydroxylation is 1. The van der Waals surface area contributed by atoms with Gasteiger partial charge in [-0.25, -0.2) is 8.42 Å². The number of hydrogen-bond acceptors (Lipinski definition) is 3. The van der Waals surface area contributed by atoms with E-state index in [1.165, 1.54) is 25.5 Å². The summed E-state index contributed by atoms with van der Waals surface area (Å²) in [6.45, 7) is 4.66. The third kappa shape index (κ3) is 4.96. The molecule has 0 aliphatic heterocycles. The Hall–Kier alpha value is -1.56. The maximum atomic E-state index is 11.6. The van der Waals surface area contributed by atoms with E-state index in [0.717, 1.165) is 23.0 Å². The SMILES string of the molecule is CCCC1CC1NC(=NC)NCc1ccc(S(C)(=O)=O)c(C)c1. The Morgan fingerprint density at radius 3 is 2.70 bits per heavy atom. The topological polar surface area (TPSA) is 70.6 Å². The predicted octanol–water partition coefficient (Wildman–Crippen LogP) is 2.25. The average Bonchev–Trinajstić information content (AvgIpc) is 3.20. The molecule has 0 spiro atoms. The van der Waals surface area contributed by atoms with E-state index < -0.39 is 9.84 Å². The molecule has 0 heterocycles. The normalized spacial score (nSPS) is 21.1. The van der Waals surface area contributed by atoms with Crippen LogP contribution in [0.3, 0.4) is 0 Å². The van der Waals surface area contributed by atoms with E-state index in [4.69, 9.17) is 0 Å². The van der Waals surface area contributed by atoms with Crippen molar-refractivity contribution in [1.29, 1.82) is 0 Å². The molecule has 1 saturated carbocycles. The minimum Gasteiger partial charge on any atom is -0.353 e. The first-order valence-electron chi connectivity index (χ1n) is 8.12. The van der Waals surface area contributed by atoms with Crippen LogP contribution in [0.15, 0.2) is 28.1 Å². The summed E-state index contributed by atoms with van der Waals surface area (Å²) >= 11 is 0. The molecule has 1 aromatic carbocycles. The molecule has 2 rings (SSSR count). The molecule has 0 bridgehead atoms. The van der Waals surface area contributed by atoms with Crippen molar-refractivity contribution >= 4 is 15.8 Å². The maximum absolute atomic E-state index is 11.6. The highest BCUT2D eigenvalue weighted by Crippen LogP contribution is 2.34. The van der Waals surface area contributed by atoms with Gasteiger partial charge in [0.15, 0.2) is 15.8 Å². The first-order valence-corrected chi connectivity index (χ1v) is 10.0. The van der Waals surface area contributed by atoms with Crippen LogP contribution in [-0.4, -0.2) is 33.7 Å². The summed E-state index contributed by atoms with van der Waals surface area (Å²) in [7, 11) is -1.39. The zero-order valence-corrected chi connectivity index (χ0v) is 15.2. The summed E-state index contributed by atoms with van der Waals surface area (Å²) in [5, 5.41) is 6.73. The van der Waals surface area contributed by atoms with Gasteiger partial charge >= 0.3 is 0 Å². The fraction of sp³-hybridized carbons (Fsp3) is 0.588. The molecule has 2 atom stereocenters. The summed E-state index contributed by atoms with van der Waals surface area (Å²) in [5.74, 6) is 1.58. The van der Waals surface area contributed by atoms with Crippen molar-refractivity contribution < 1.29 is 8.42 Å². The number of benzene rings is 1. The minimum atomic E-state index is -3.16. The van der Waals surface area contributed by atoms with Gasteiger partial charge in [0.1, 0.15) is 0 Å². The van der Waals surface area contributed by atoms with Crippen LogP contribution in [-0.2, 0) is 16.4 Å². The van der Waals surface area contributed by atoms with Crippen molar-refractivity contribution in [2.24, 2.45) is 10.9 Å². The highest BCUT2D eigenvalue weighted by atomic mass is 32.2. The Morgan fingerprint density at radius 1 is 1.39 bits per heavy atom. The molecule has 23 heavy (non-hydrogen) atoms. The third-order valence-electron chi connectivity index (χ3n) is 4.23. The van der Waals surface area contributed by atoms with Crippen LogP contribution in [0.1, 0.15) is 37.3 Å². The Kier molecular flexibility index (Phi) is 5.68. The highest BCUT2D eigenvalue weighted by Gasteiger charge is 2.36. The highest BCUT2D eigenvalue weighted by molar-refractivity contribution is 7.90. The monoisotopic (exact) mass is 337 g/mol. The molecule has 0 saturated heterocycles. The quantitative estimate of drug-likeness (QED) is 0.617. The molecular formula is C17H27N3O2S. The maximum Gasteiger partial charge on any atom is 0.191 e. The molecule has 2 unspecified atom stereocenters. The number of hydrogen-bond donors (Lipinski definition) is 2. The number of aliphatic imine (C=N–C) groups is 1. The minimum absolute atomic E-state index is 0.393. The first kappa shape index (κ1) is 17.8. The molecule has 1 aliphatic rings. The lowest BCUT2D eigenvalue weighted by Crippen LogP contribution is -2.38. The van der Waals surface area contributed by atoms with Gasteiger partial charge in [0.25, 0.3) is 0 Å². The number of nitrogens with one attached hydrogen (secondary N) is 2. The van der Waals surface area contributed by atoms with E-state index >= 15 is 0 Å². The average molecular weight is 337 g/mol. The molecule has 0 radical (unpaired) electrons. The van der Waals surface area contributed by atoms with Gasteiger partial charge in [-0.3, -0.25) is 4.99 Å². The van der Waals surface area contributed by atoms with Crippen LogP contribution in [0, 0.1) is 12.8 Å². The van der Waals surface area contributed by atoms with Gasteiger partial charge in [-0.05, 0) is 42.9 Å². The Morgan fingerprint density at radius 2 is 2.13 bits per heavy atom. The largest absolute Gasteiger partial charge is 0.353 e. The fourth-order valence-electron chi connectivity index (χ4n) is 2.91. The molecule has 1 aliphatic carbocycles. The zero-order chi connectivity index (χ0) is 17.0. The second-order valence-corrected chi connectivity index (χ2v) is 8.32. The molecular weight excluding hydrogens is 310 g/mol. The Balaban J connectivity index is 1.91. The number of nitrogens with zero attached hydrogens (tertiary/aromatic N) is 1. The van der Waals surface area contributed by atoms with Gasteiger partial charge in [-0.15, -0.1) is 0 Å². The van der Waals surface area contributed by atoms with E-state index in [1.54, 1.807) is 13.1 Å². The van der Waals surface area contributed by atoms with Gasteiger partial charge in [-0.1, -0.05) is 25.5 Å². The molecule has 5 nitrogen and oxygen atoms in total. The summed E-state index contributed by atoms with van der Waals surface area (Å²) < 4.78 is 23.3. The van der Waals surface area contributed by atoms with Crippen LogP contribution >= 0.6 is 0 Å². The summed E-state index contributed by atoms with van der Waals surface area (Å²) in [6, 6.07) is 5.97. The smallest absolute Gasteiger partial charge is 0.191 e. The van der Waals surface area contributed by atoms with Gasteiger partial charge in [0.2, 0.25) is 0 Å². The lowest BCUT2D eigenvalue weighted by molar-refractivity contribution is 0.601. The van der Waals surface area contributed by atoms with Gasteiger partial charge in [0, 0.05) is 25.9 Å². The van der Waals surface area contributed by atoms with Crippen molar-refractivity contribution in [3.05, 3.63) is 29.3 Å². The lowest BCUT2D eigenvalue weighted by Gasteiger charge is -2.13. The molecule has 1 aromatic rings. The predicted molar refractivity (Wildman–Crippen MR) is 94.4 cm³/mol. The van der Waals surface area contributed by atoms with Crippen LogP contribution < -0.4 is 10.6 Å². The van der Waals surface area contributed by atoms with Gasteiger partial charge in [-0.2, -0.15) is 0 Å². The zero-order valence-electron chi connectivity index (χ0n) is 14.4. The van der Waals surface area contributed by atoms with Gasteiger partial charge < -0.3 is 10.6 Å². The molecule has 6 heteroatoms. The van der Waals surface area contributed by atoms with E-state index in [0.29, 0.717) is 17.5 Å². The van der Waals surface area contributed by atoms with E-state index in [1.807, 2.05) is 19.1 Å². The Labute approximate surface area is 139 Å². The number of sulfone groups is 1. The van der Waals surface area contributed by atoms with E-state index in [9.17, 15) is 8.42 Å². The first-order chi connectivity index (χ1) is 10.8. The lowest BCUT2D eigenvalue weighted by atomic mass is 10.1. The molecule has 2 N–H and O–H groups in total. The second kappa shape index (κ2) is 7.34. The van der Waals surface area contributed by atoms with Crippen molar-refractivity contribution in [2.45, 2.75) is 50.6 Å².